The molecule has 0 aromatic rings. The van der Waals surface area contributed by atoms with Crippen LogP contribution in [0.5, 0.6) is 0 Å². The Bertz CT molecular complexity index is 113. The van der Waals surface area contributed by atoms with Crippen molar-refractivity contribution in [2.75, 3.05) is 7.11 Å². The molecule has 1 saturated heterocycles. The molecule has 4 atom stereocenters. The number of halogens is 1. The van der Waals surface area contributed by atoms with Crippen molar-refractivity contribution in [2.45, 2.75) is 38.0 Å². The molecular formula is C7H13FO3. The normalized spacial score (nSPS) is 44.7. The van der Waals surface area contributed by atoms with Gasteiger partial charge in [-0.1, -0.05) is 6.92 Å². The van der Waals surface area contributed by atoms with Crippen LogP contribution in [0.4, 0.5) is 4.39 Å². The Morgan fingerprint density at radius 2 is 2.27 bits per heavy atom. The molecule has 1 aliphatic rings. The van der Waals surface area contributed by atoms with Gasteiger partial charge in [-0.2, -0.15) is 0 Å². The first kappa shape index (κ1) is 8.90. The number of hydrogen-bond donors (Lipinski definition) is 1. The molecule has 0 amide bonds. The van der Waals surface area contributed by atoms with Crippen LogP contribution in [0, 0.1) is 0 Å². The Kier molecular flexibility index (Phi) is 2.81. The maximum absolute atomic E-state index is 12.9. The lowest BCUT2D eigenvalue weighted by molar-refractivity contribution is -0.135. The highest BCUT2D eigenvalue weighted by Gasteiger charge is 2.43. The predicted molar refractivity (Wildman–Crippen MR) is 36.9 cm³/mol. The van der Waals surface area contributed by atoms with E-state index in [4.69, 9.17) is 4.74 Å². The maximum Gasteiger partial charge on any atom is 0.191 e. The molecule has 0 spiro atoms. The lowest BCUT2D eigenvalue weighted by atomic mass is 10.1. The minimum Gasteiger partial charge on any atom is -0.387 e. The summed E-state index contributed by atoms with van der Waals surface area (Å²) in [4.78, 5) is 0. The van der Waals surface area contributed by atoms with Gasteiger partial charge in [-0.25, -0.2) is 4.39 Å². The number of methoxy groups -OCH3 is 1. The van der Waals surface area contributed by atoms with E-state index < -0.39 is 24.7 Å². The van der Waals surface area contributed by atoms with Gasteiger partial charge in [-0.05, 0) is 6.42 Å². The fourth-order valence-corrected chi connectivity index (χ4v) is 1.22. The molecule has 66 valence electrons. The standard InChI is InChI=1S/C7H13FO3/c1-3-4-6(9)5(8)7(10-2)11-4/h4-7,9H,3H2,1-2H3/t4-,5-,6+,7?/m0/s1. The zero-order valence-electron chi connectivity index (χ0n) is 6.66. The van der Waals surface area contributed by atoms with Crippen LogP contribution >= 0.6 is 0 Å². The monoisotopic (exact) mass is 164 g/mol. The van der Waals surface area contributed by atoms with Crippen molar-refractivity contribution in [1.29, 1.82) is 0 Å². The second-order valence-electron chi connectivity index (χ2n) is 2.62. The highest BCUT2D eigenvalue weighted by molar-refractivity contribution is 4.85. The first-order chi connectivity index (χ1) is 5.20. The number of rotatable bonds is 2. The first-order valence-electron chi connectivity index (χ1n) is 3.71. The van der Waals surface area contributed by atoms with Crippen molar-refractivity contribution in [2.24, 2.45) is 0 Å². The van der Waals surface area contributed by atoms with E-state index in [9.17, 15) is 9.50 Å². The molecule has 0 bridgehead atoms. The summed E-state index contributed by atoms with van der Waals surface area (Å²) in [6.45, 7) is 1.83. The largest absolute Gasteiger partial charge is 0.387 e. The SMILES string of the molecule is CC[C@@H]1OC(OC)[C@@H](F)[C@@H]1O. The van der Waals surface area contributed by atoms with Gasteiger partial charge in [0.15, 0.2) is 12.5 Å². The van der Waals surface area contributed by atoms with Crippen molar-refractivity contribution in [3.05, 3.63) is 0 Å². The maximum atomic E-state index is 12.9. The molecule has 0 aromatic carbocycles. The molecule has 1 fully saturated rings. The van der Waals surface area contributed by atoms with Gasteiger partial charge in [0.25, 0.3) is 0 Å². The van der Waals surface area contributed by atoms with Gasteiger partial charge in [0.1, 0.15) is 6.10 Å². The smallest absolute Gasteiger partial charge is 0.191 e. The molecule has 1 heterocycles. The van der Waals surface area contributed by atoms with E-state index in [1.54, 1.807) is 0 Å². The number of ether oxygens (including phenoxy) is 2. The van der Waals surface area contributed by atoms with Crippen molar-refractivity contribution >= 4 is 0 Å². The highest BCUT2D eigenvalue weighted by atomic mass is 19.1. The third kappa shape index (κ3) is 1.52. The number of aliphatic hydroxyl groups excluding tert-OH is 1. The van der Waals surface area contributed by atoms with Gasteiger partial charge in [-0.15, -0.1) is 0 Å². The molecule has 11 heavy (non-hydrogen) atoms. The number of aliphatic hydroxyl groups is 1. The lowest BCUT2D eigenvalue weighted by Crippen LogP contribution is -2.29. The van der Waals surface area contributed by atoms with E-state index >= 15 is 0 Å². The van der Waals surface area contributed by atoms with Crippen LogP contribution in [0.15, 0.2) is 0 Å². The molecule has 0 aromatic heterocycles. The van der Waals surface area contributed by atoms with Crippen molar-refractivity contribution < 1.29 is 19.0 Å². The molecule has 3 nitrogen and oxygen atoms in total. The number of alkyl halides is 1. The molecule has 4 heteroatoms. The van der Waals surface area contributed by atoms with Crippen LogP contribution in [-0.2, 0) is 9.47 Å². The third-order valence-electron chi connectivity index (χ3n) is 1.91. The summed E-state index contributed by atoms with van der Waals surface area (Å²) in [6.07, 6.45) is -3.17. The van der Waals surface area contributed by atoms with Gasteiger partial charge in [0, 0.05) is 7.11 Å². The molecule has 1 unspecified atom stereocenters. The van der Waals surface area contributed by atoms with E-state index in [0.717, 1.165) is 0 Å². The highest BCUT2D eigenvalue weighted by Crippen LogP contribution is 2.25. The van der Waals surface area contributed by atoms with Crippen LogP contribution < -0.4 is 0 Å². The van der Waals surface area contributed by atoms with Crippen LogP contribution in [0.1, 0.15) is 13.3 Å². The summed E-state index contributed by atoms with van der Waals surface area (Å²) in [5, 5.41) is 9.18. The summed E-state index contributed by atoms with van der Waals surface area (Å²) in [5.41, 5.74) is 0. The van der Waals surface area contributed by atoms with Crippen LogP contribution in [0.2, 0.25) is 0 Å². The van der Waals surface area contributed by atoms with Gasteiger partial charge in [0.05, 0.1) is 6.10 Å². The second kappa shape index (κ2) is 3.47. The minimum absolute atomic E-state index is 0.421. The Labute approximate surface area is 65.1 Å². The van der Waals surface area contributed by atoms with Gasteiger partial charge >= 0.3 is 0 Å². The molecule has 1 aliphatic heterocycles. The molecule has 0 saturated carbocycles. The third-order valence-corrected chi connectivity index (χ3v) is 1.91. The molecule has 1 rings (SSSR count). The van der Waals surface area contributed by atoms with Crippen molar-refractivity contribution in [3.8, 4) is 0 Å². The summed E-state index contributed by atoms with van der Waals surface area (Å²) < 4.78 is 22.6. The van der Waals surface area contributed by atoms with E-state index in [0.29, 0.717) is 6.42 Å². The fourth-order valence-electron chi connectivity index (χ4n) is 1.22. The Morgan fingerprint density at radius 1 is 1.64 bits per heavy atom. The summed E-state index contributed by atoms with van der Waals surface area (Å²) >= 11 is 0. The summed E-state index contributed by atoms with van der Waals surface area (Å²) in [7, 11) is 1.36. The van der Waals surface area contributed by atoms with Gasteiger partial charge < -0.3 is 14.6 Å². The summed E-state index contributed by atoms with van der Waals surface area (Å²) in [6, 6.07) is 0. The summed E-state index contributed by atoms with van der Waals surface area (Å²) in [5.74, 6) is 0. The second-order valence-corrected chi connectivity index (χ2v) is 2.62. The zero-order valence-corrected chi connectivity index (χ0v) is 6.66. The topological polar surface area (TPSA) is 38.7 Å². The van der Waals surface area contributed by atoms with E-state index in [2.05, 4.69) is 4.74 Å². The first-order valence-corrected chi connectivity index (χ1v) is 3.71. The van der Waals surface area contributed by atoms with E-state index in [1.165, 1.54) is 7.11 Å². The van der Waals surface area contributed by atoms with Crippen LogP contribution in [-0.4, -0.2) is 36.9 Å². The Balaban J connectivity index is 2.53. The van der Waals surface area contributed by atoms with Crippen LogP contribution in [0.3, 0.4) is 0 Å². The zero-order chi connectivity index (χ0) is 8.43. The van der Waals surface area contributed by atoms with Crippen molar-refractivity contribution in [1.82, 2.24) is 0 Å². The average Bonchev–Trinajstić information content (AvgIpc) is 2.30. The number of hydrogen-bond acceptors (Lipinski definition) is 3. The average molecular weight is 164 g/mol. The molecular weight excluding hydrogens is 151 g/mol. The Hall–Kier alpha value is -0.190. The molecule has 0 aliphatic carbocycles. The van der Waals surface area contributed by atoms with E-state index in [1.807, 2.05) is 6.92 Å². The molecule has 0 radical (unpaired) electrons. The van der Waals surface area contributed by atoms with Crippen LogP contribution in [0.25, 0.3) is 0 Å². The lowest BCUT2D eigenvalue weighted by Gasteiger charge is -2.09. The van der Waals surface area contributed by atoms with E-state index in [-0.39, 0.29) is 0 Å². The quantitative estimate of drug-likeness (QED) is 0.644. The van der Waals surface area contributed by atoms with Crippen molar-refractivity contribution in [3.63, 3.8) is 0 Å². The van der Waals surface area contributed by atoms with Gasteiger partial charge in [0.2, 0.25) is 0 Å². The minimum atomic E-state index is -1.41. The predicted octanol–water partition coefficient (Wildman–Crippen LogP) is 0.467. The van der Waals surface area contributed by atoms with Gasteiger partial charge in [-0.3, -0.25) is 0 Å². The Morgan fingerprint density at radius 3 is 2.55 bits per heavy atom. The fraction of sp³-hybridized carbons (Fsp3) is 1.00. The molecule has 1 N–H and O–H groups in total.